The molecule has 1 atom stereocenters. The van der Waals surface area contributed by atoms with E-state index in [2.05, 4.69) is 15.3 Å². The summed E-state index contributed by atoms with van der Waals surface area (Å²) in [5, 5.41) is 9.78. The van der Waals surface area contributed by atoms with E-state index in [1.165, 1.54) is 11.3 Å². The zero-order chi connectivity index (χ0) is 22.7. The van der Waals surface area contributed by atoms with E-state index in [-0.39, 0.29) is 17.9 Å². The van der Waals surface area contributed by atoms with Gasteiger partial charge in [-0.3, -0.25) is 24.1 Å². The van der Waals surface area contributed by atoms with Crippen molar-refractivity contribution < 1.29 is 9.59 Å². The van der Waals surface area contributed by atoms with Crippen LogP contribution in [0.1, 0.15) is 47.6 Å². The number of thiazole rings is 1. The van der Waals surface area contributed by atoms with Gasteiger partial charge in [0.2, 0.25) is 5.91 Å². The van der Waals surface area contributed by atoms with Crippen LogP contribution in [0.25, 0.3) is 0 Å². The number of piperidine rings is 1. The number of hydrogen-bond donors (Lipinski definition) is 1. The van der Waals surface area contributed by atoms with Crippen molar-refractivity contribution in [3.05, 3.63) is 58.9 Å². The average molecular weight is 453 g/mol. The number of aromatic nitrogens is 3. The number of nitrogens with zero attached hydrogens (tertiary/aromatic N) is 5. The number of nitrogens with one attached hydrogen (secondary N) is 1. The maximum atomic E-state index is 12.3. The van der Waals surface area contributed by atoms with E-state index in [1.54, 1.807) is 24.9 Å². The Labute approximate surface area is 191 Å². The molecule has 1 aliphatic rings. The zero-order valence-corrected chi connectivity index (χ0v) is 19.4. The molecule has 168 valence electrons. The van der Waals surface area contributed by atoms with E-state index in [4.69, 9.17) is 4.98 Å². The molecular formula is C23H28N6O2S. The van der Waals surface area contributed by atoms with Gasteiger partial charge >= 0.3 is 0 Å². The number of anilines is 2. The highest BCUT2D eigenvalue weighted by molar-refractivity contribution is 7.14. The van der Waals surface area contributed by atoms with Crippen LogP contribution in [-0.4, -0.2) is 51.6 Å². The largest absolute Gasteiger partial charge is 0.354 e. The first-order chi connectivity index (χ1) is 15.4. The highest BCUT2D eigenvalue weighted by Gasteiger charge is 2.24. The van der Waals surface area contributed by atoms with E-state index >= 15 is 0 Å². The summed E-state index contributed by atoms with van der Waals surface area (Å²) in [6.45, 7) is 6.14. The van der Waals surface area contributed by atoms with Crippen LogP contribution in [0.4, 0.5) is 10.8 Å². The number of likely N-dealkylation sites (tertiary alicyclic amines) is 1. The van der Waals surface area contributed by atoms with Gasteiger partial charge in [0, 0.05) is 38.6 Å². The molecule has 8 nitrogen and oxygen atoms in total. The minimum Gasteiger partial charge on any atom is -0.354 e. The topological polar surface area (TPSA) is 83.4 Å². The number of benzene rings is 1. The quantitative estimate of drug-likeness (QED) is 0.619. The van der Waals surface area contributed by atoms with Crippen molar-refractivity contribution >= 4 is 34.0 Å². The van der Waals surface area contributed by atoms with E-state index in [1.807, 2.05) is 47.4 Å². The smallest absolute Gasteiger partial charge is 0.271 e. The van der Waals surface area contributed by atoms with Gasteiger partial charge in [0.1, 0.15) is 5.69 Å². The van der Waals surface area contributed by atoms with Gasteiger partial charge in [-0.15, -0.1) is 11.3 Å². The van der Waals surface area contributed by atoms with Crippen LogP contribution in [0.5, 0.6) is 0 Å². The Morgan fingerprint density at radius 3 is 2.75 bits per heavy atom. The lowest BCUT2D eigenvalue weighted by Crippen LogP contribution is -2.36. The minimum atomic E-state index is -0.171. The van der Waals surface area contributed by atoms with Crippen LogP contribution in [0.2, 0.25) is 0 Å². The highest BCUT2D eigenvalue weighted by Crippen LogP contribution is 2.30. The van der Waals surface area contributed by atoms with Crippen molar-refractivity contribution in [2.45, 2.75) is 39.3 Å². The predicted octanol–water partition coefficient (Wildman–Crippen LogP) is 3.53. The number of rotatable bonds is 6. The Bertz CT molecular complexity index is 1090. The summed E-state index contributed by atoms with van der Waals surface area (Å²) in [5.41, 5.74) is 3.37. The van der Waals surface area contributed by atoms with Crippen molar-refractivity contribution in [3.8, 4) is 0 Å². The summed E-state index contributed by atoms with van der Waals surface area (Å²) < 4.78 is 1.90. The summed E-state index contributed by atoms with van der Waals surface area (Å²) >= 11 is 1.49. The number of hydrogen-bond acceptors (Lipinski definition) is 6. The maximum absolute atomic E-state index is 12.3. The second-order valence-electron chi connectivity index (χ2n) is 8.10. The molecule has 1 aromatic carbocycles. The van der Waals surface area contributed by atoms with Crippen LogP contribution in [0, 0.1) is 6.92 Å². The molecule has 32 heavy (non-hydrogen) atoms. The lowest BCUT2D eigenvalue weighted by molar-refractivity contribution is -0.115. The zero-order valence-electron chi connectivity index (χ0n) is 18.6. The third-order valence-electron chi connectivity index (χ3n) is 5.65. The summed E-state index contributed by atoms with van der Waals surface area (Å²) in [4.78, 5) is 32.9. The fourth-order valence-electron chi connectivity index (χ4n) is 4.00. The van der Waals surface area contributed by atoms with Gasteiger partial charge in [-0.25, -0.2) is 4.98 Å². The van der Waals surface area contributed by atoms with Gasteiger partial charge in [0.15, 0.2) is 5.13 Å². The number of aryl methyl sites for hydroxylation is 1. The second-order valence-corrected chi connectivity index (χ2v) is 8.94. The molecule has 1 N–H and O–H groups in total. The van der Waals surface area contributed by atoms with Crippen LogP contribution in [0.3, 0.4) is 0 Å². The summed E-state index contributed by atoms with van der Waals surface area (Å²) in [5.74, 6) is -0.228. The predicted molar refractivity (Wildman–Crippen MR) is 125 cm³/mol. The molecule has 1 saturated heterocycles. The first kappa shape index (κ1) is 22.2. The first-order valence-electron chi connectivity index (χ1n) is 10.8. The van der Waals surface area contributed by atoms with Gasteiger partial charge in [-0.2, -0.15) is 5.10 Å². The van der Waals surface area contributed by atoms with Gasteiger partial charge < -0.3 is 5.32 Å². The van der Waals surface area contributed by atoms with Crippen LogP contribution in [-0.2, 0) is 11.3 Å². The van der Waals surface area contributed by atoms with Gasteiger partial charge in [-0.05, 0) is 44.5 Å². The lowest BCUT2D eigenvalue weighted by atomic mass is 10.1. The normalized spacial score (nSPS) is 16.7. The fourth-order valence-corrected chi connectivity index (χ4v) is 4.88. The molecule has 4 rings (SSSR count). The Balaban J connectivity index is 1.44. The van der Waals surface area contributed by atoms with E-state index in [0.29, 0.717) is 10.8 Å². The molecule has 2 amide bonds. The molecule has 9 heteroatoms. The Morgan fingerprint density at radius 2 is 2.03 bits per heavy atom. The monoisotopic (exact) mass is 452 g/mol. The molecule has 2 aromatic heterocycles. The number of amides is 2. The fraction of sp³-hybridized carbons (Fsp3) is 0.391. The van der Waals surface area contributed by atoms with Crippen LogP contribution < -0.4 is 10.2 Å². The van der Waals surface area contributed by atoms with Crippen molar-refractivity contribution in [2.75, 3.05) is 25.0 Å². The van der Waals surface area contributed by atoms with Gasteiger partial charge in [-0.1, -0.05) is 17.7 Å². The van der Waals surface area contributed by atoms with Crippen molar-refractivity contribution in [1.82, 2.24) is 25.0 Å². The third kappa shape index (κ3) is 4.89. The Hall–Kier alpha value is -3.04. The lowest BCUT2D eigenvalue weighted by Gasteiger charge is -2.32. The molecule has 1 aliphatic heterocycles. The molecular weight excluding hydrogens is 424 g/mol. The standard InChI is InChI=1S/C23H28N6O2S/c1-16-6-8-19(9-7-16)29(17(2)30)23-25-18(15-32-23)13-27-11-4-5-20(14-27)28-12-10-21(26-28)22(31)24-3/h6-10,12,15,20H,4-5,11,13-14H2,1-3H3,(H,24,31). The molecule has 0 spiro atoms. The van der Waals surface area contributed by atoms with E-state index in [0.717, 1.165) is 49.4 Å². The Morgan fingerprint density at radius 1 is 1.25 bits per heavy atom. The maximum Gasteiger partial charge on any atom is 0.271 e. The molecule has 0 saturated carbocycles. The van der Waals surface area contributed by atoms with E-state index in [9.17, 15) is 9.59 Å². The number of carbonyl (C=O) groups is 2. The van der Waals surface area contributed by atoms with Crippen molar-refractivity contribution in [3.63, 3.8) is 0 Å². The van der Waals surface area contributed by atoms with E-state index < -0.39 is 0 Å². The molecule has 0 aliphatic carbocycles. The number of carbonyl (C=O) groups excluding carboxylic acids is 2. The van der Waals surface area contributed by atoms with Crippen molar-refractivity contribution in [1.29, 1.82) is 0 Å². The molecule has 0 bridgehead atoms. The average Bonchev–Trinajstić information content (AvgIpc) is 3.45. The molecule has 1 fully saturated rings. The Kier molecular flexibility index (Phi) is 6.66. The van der Waals surface area contributed by atoms with Crippen LogP contribution in [0.15, 0.2) is 41.9 Å². The van der Waals surface area contributed by atoms with Gasteiger partial charge in [0.25, 0.3) is 5.91 Å². The molecule has 3 heterocycles. The van der Waals surface area contributed by atoms with Crippen molar-refractivity contribution in [2.24, 2.45) is 0 Å². The summed E-state index contributed by atoms with van der Waals surface area (Å²) in [6.07, 6.45) is 3.96. The second kappa shape index (κ2) is 9.62. The summed E-state index contributed by atoms with van der Waals surface area (Å²) in [6, 6.07) is 9.87. The molecule has 1 unspecified atom stereocenters. The van der Waals surface area contributed by atoms with Crippen LogP contribution >= 0.6 is 11.3 Å². The minimum absolute atomic E-state index is 0.0570. The highest BCUT2D eigenvalue weighted by atomic mass is 32.1. The molecule has 0 radical (unpaired) electrons. The summed E-state index contributed by atoms with van der Waals surface area (Å²) in [7, 11) is 1.61. The van der Waals surface area contributed by atoms with Gasteiger partial charge in [0.05, 0.1) is 17.4 Å². The third-order valence-corrected chi connectivity index (χ3v) is 6.52. The first-order valence-corrected chi connectivity index (χ1v) is 11.6. The SMILES string of the molecule is CNC(=O)c1ccn(C2CCCN(Cc3csc(N(C(C)=O)c4ccc(C)cc4)n3)C2)n1. The molecule has 3 aromatic rings.